The van der Waals surface area contributed by atoms with Crippen molar-refractivity contribution >= 4 is 39.8 Å². The lowest BCUT2D eigenvalue weighted by molar-refractivity contribution is -0.190. The maximum atomic E-state index is 14.5. The van der Waals surface area contributed by atoms with E-state index in [0.29, 0.717) is 5.56 Å². The molecule has 13 nitrogen and oxygen atoms in total. The molecule has 1 aliphatic rings. The van der Waals surface area contributed by atoms with Gasteiger partial charge < -0.3 is 23.7 Å². The normalized spacial score (nSPS) is 18.9. The first kappa shape index (κ1) is 36.4. The summed E-state index contributed by atoms with van der Waals surface area (Å²) >= 11 is 0. The van der Waals surface area contributed by atoms with Gasteiger partial charge in [-0.3, -0.25) is 9.59 Å². The van der Waals surface area contributed by atoms with Gasteiger partial charge in [-0.25, -0.2) is 27.1 Å². The predicted molar refractivity (Wildman–Crippen MR) is 178 cm³/mol. The second-order valence-corrected chi connectivity index (χ2v) is 13.1. The average Bonchev–Trinajstić information content (AvgIpc) is 3.45. The summed E-state index contributed by atoms with van der Waals surface area (Å²) in [6.07, 6.45) is -7.45. The summed E-state index contributed by atoms with van der Waals surface area (Å²) in [5, 5.41) is 0. The third-order valence-electron chi connectivity index (χ3n) is 7.80. The summed E-state index contributed by atoms with van der Waals surface area (Å²) in [6.45, 7) is 2.76. The average molecular weight is 716 g/mol. The van der Waals surface area contributed by atoms with Crippen LogP contribution in [-0.4, -0.2) is 80.3 Å². The molecule has 5 rings (SSSR count). The first-order chi connectivity index (χ1) is 24.4. The lowest BCUT2D eigenvalue weighted by Gasteiger charge is -2.34. The number of carbonyl (C=O) groups is 5. The zero-order valence-corrected chi connectivity index (χ0v) is 28.4. The van der Waals surface area contributed by atoms with Crippen LogP contribution >= 0.6 is 0 Å². The Morgan fingerprint density at radius 3 is 1.61 bits per heavy atom. The number of esters is 4. The van der Waals surface area contributed by atoms with E-state index in [1.807, 2.05) is 0 Å². The quantitative estimate of drug-likeness (QED) is 0.161. The van der Waals surface area contributed by atoms with Gasteiger partial charge in [0.05, 0.1) is 23.1 Å². The molecule has 0 saturated carbocycles. The van der Waals surface area contributed by atoms with Crippen molar-refractivity contribution in [2.24, 2.45) is 0 Å². The molecule has 51 heavy (non-hydrogen) atoms. The molecule has 0 spiro atoms. The monoisotopic (exact) mass is 715 g/mol. The molecule has 5 atom stereocenters. The van der Waals surface area contributed by atoms with Crippen molar-refractivity contribution in [3.8, 4) is 0 Å². The Morgan fingerprint density at radius 1 is 0.667 bits per heavy atom. The molecule has 1 heterocycles. The van der Waals surface area contributed by atoms with E-state index in [4.69, 9.17) is 23.7 Å². The van der Waals surface area contributed by atoms with E-state index >= 15 is 0 Å². The van der Waals surface area contributed by atoms with Gasteiger partial charge in [-0.15, -0.1) is 0 Å². The maximum absolute atomic E-state index is 14.5. The van der Waals surface area contributed by atoms with Crippen molar-refractivity contribution in [3.63, 3.8) is 0 Å². The molecule has 1 saturated heterocycles. The number of nitrogens with zero attached hydrogens (tertiary/aromatic N) is 1. The van der Waals surface area contributed by atoms with Gasteiger partial charge >= 0.3 is 23.9 Å². The smallest absolute Gasteiger partial charge is 0.338 e. The molecule has 264 valence electrons. The van der Waals surface area contributed by atoms with Gasteiger partial charge in [-0.1, -0.05) is 72.3 Å². The second kappa shape index (κ2) is 15.8. The third kappa shape index (κ3) is 8.14. The van der Waals surface area contributed by atoms with E-state index in [0.717, 1.165) is 14.0 Å². The third-order valence-corrected chi connectivity index (χ3v) is 9.58. The maximum Gasteiger partial charge on any atom is 0.338 e. The molecule has 1 aliphatic heterocycles. The van der Waals surface area contributed by atoms with E-state index in [1.165, 1.54) is 72.8 Å². The van der Waals surface area contributed by atoms with Crippen molar-refractivity contribution in [2.45, 2.75) is 49.4 Å². The fraction of sp³-hybridized carbons (Fsp3) is 0.216. The minimum atomic E-state index is -4.94. The Morgan fingerprint density at radius 2 is 1.14 bits per heavy atom. The van der Waals surface area contributed by atoms with Crippen molar-refractivity contribution < 1.29 is 56.1 Å². The lowest BCUT2D eigenvalue weighted by Crippen LogP contribution is -2.58. The number of sulfonamides is 1. The van der Waals surface area contributed by atoms with Gasteiger partial charge in [-0.2, -0.15) is 0 Å². The number of rotatable bonds is 11. The van der Waals surface area contributed by atoms with Crippen molar-refractivity contribution in [1.29, 1.82) is 0 Å². The first-order valence-electron chi connectivity index (χ1n) is 15.6. The Balaban J connectivity index is 1.70. The highest BCUT2D eigenvalue weighted by Crippen LogP contribution is 2.36. The van der Waals surface area contributed by atoms with Crippen molar-refractivity contribution in [3.05, 3.63) is 138 Å². The van der Waals surface area contributed by atoms with E-state index in [1.54, 1.807) is 49.4 Å². The number of methoxy groups -OCH3 is 1. The van der Waals surface area contributed by atoms with Gasteiger partial charge in [0.2, 0.25) is 12.4 Å². The van der Waals surface area contributed by atoms with Crippen LogP contribution in [0.4, 0.5) is 0 Å². The van der Waals surface area contributed by atoms with E-state index in [9.17, 15) is 32.4 Å². The molecule has 0 aromatic heterocycles. The summed E-state index contributed by atoms with van der Waals surface area (Å²) in [4.78, 5) is 67.1. The van der Waals surface area contributed by atoms with Gasteiger partial charge in [0, 0.05) is 12.5 Å². The van der Waals surface area contributed by atoms with Gasteiger partial charge in [-0.05, 0) is 55.5 Å². The lowest BCUT2D eigenvalue weighted by atomic mass is 10.0. The summed E-state index contributed by atoms with van der Waals surface area (Å²) in [5.74, 6) is -5.35. The topological polar surface area (TPSA) is 169 Å². The highest BCUT2D eigenvalue weighted by molar-refractivity contribution is 7.89. The van der Waals surface area contributed by atoms with Crippen LogP contribution in [0.5, 0.6) is 0 Å². The Bertz CT molecular complexity index is 1990. The molecule has 14 heteroatoms. The molecule has 0 unspecified atom stereocenters. The van der Waals surface area contributed by atoms with E-state index in [2.05, 4.69) is 0 Å². The van der Waals surface area contributed by atoms with Gasteiger partial charge in [0.15, 0.2) is 12.1 Å². The largest absolute Gasteiger partial charge is 0.467 e. The number of hydrogen-bond acceptors (Lipinski definition) is 12. The Kier molecular flexibility index (Phi) is 11.3. The fourth-order valence-electron chi connectivity index (χ4n) is 5.35. The second-order valence-electron chi connectivity index (χ2n) is 11.3. The molecule has 0 radical (unpaired) electrons. The molecule has 0 bridgehead atoms. The summed E-state index contributed by atoms with van der Waals surface area (Å²) in [5.41, 5.74) is 0.655. The number of carbonyl (C=O) groups excluding carboxylic acids is 5. The molecule has 1 amide bonds. The van der Waals surface area contributed by atoms with Gasteiger partial charge in [0.25, 0.3) is 15.9 Å². The molecule has 4 aromatic carbocycles. The summed E-state index contributed by atoms with van der Waals surface area (Å²) < 4.78 is 57.3. The van der Waals surface area contributed by atoms with Crippen LogP contribution in [0.3, 0.4) is 0 Å². The van der Waals surface area contributed by atoms with Crippen LogP contribution in [0, 0.1) is 6.92 Å². The zero-order valence-electron chi connectivity index (χ0n) is 27.6. The molecule has 4 aromatic rings. The van der Waals surface area contributed by atoms with Crippen LogP contribution in [0.2, 0.25) is 0 Å². The van der Waals surface area contributed by atoms with Gasteiger partial charge in [0.1, 0.15) is 6.10 Å². The van der Waals surface area contributed by atoms with Crippen LogP contribution in [-0.2, 0) is 43.3 Å². The van der Waals surface area contributed by atoms with E-state index in [-0.39, 0.29) is 25.9 Å². The minimum absolute atomic E-state index is 0.0273. The van der Waals surface area contributed by atoms with Crippen molar-refractivity contribution in [2.75, 3.05) is 7.11 Å². The summed E-state index contributed by atoms with van der Waals surface area (Å²) in [6, 6.07) is 25.8. The highest BCUT2D eigenvalue weighted by atomic mass is 32.2. The standard InChI is InChI=1S/C37H33NO12S/c1-23-19-21-28(22-20-23)51(44,45)38(33(40)25-13-7-4-8-14-25)29(36(43)46-3)30-31(48-34(41)26-15-9-5-10-16-26)32(37(50-30)47-24(2)39)49-35(42)27-17-11-6-12-18-27/h4-22,29-32,37H,1-3H3/t29-,30+,31+,32+,37+/m0/s1. The number of benzene rings is 4. The molecular formula is C37H33NO12S. The molecule has 1 fully saturated rings. The Labute approximate surface area is 293 Å². The van der Waals surface area contributed by atoms with Crippen LogP contribution in [0.1, 0.15) is 43.6 Å². The SMILES string of the molecule is COC(=O)[C@H]([C@H]1O[C@@H](OC(C)=O)[C@H](OC(=O)c2ccccc2)[C@@H]1OC(=O)c1ccccc1)N(C(=O)c1ccccc1)S(=O)(=O)c1ccc(C)cc1. The number of aryl methyl sites for hydroxylation is 1. The number of amides is 1. The summed E-state index contributed by atoms with van der Waals surface area (Å²) in [7, 11) is -3.98. The number of ether oxygens (including phenoxy) is 5. The van der Waals surface area contributed by atoms with Crippen molar-refractivity contribution in [1.82, 2.24) is 4.31 Å². The van der Waals surface area contributed by atoms with E-state index < -0.39 is 70.5 Å². The Hall–Kier alpha value is -5.86. The molecule has 0 aliphatic carbocycles. The highest BCUT2D eigenvalue weighted by Gasteiger charge is 2.60. The first-order valence-corrected chi connectivity index (χ1v) is 17.0. The van der Waals surface area contributed by atoms with Crippen LogP contribution in [0.15, 0.2) is 120 Å². The zero-order chi connectivity index (χ0) is 36.7. The fourth-order valence-corrected chi connectivity index (χ4v) is 6.89. The predicted octanol–water partition coefficient (Wildman–Crippen LogP) is 4.11. The minimum Gasteiger partial charge on any atom is -0.467 e. The molecular weight excluding hydrogens is 682 g/mol. The number of hydrogen-bond donors (Lipinski definition) is 0. The molecule has 0 N–H and O–H groups in total. The van der Waals surface area contributed by atoms with Crippen LogP contribution < -0.4 is 0 Å². The van der Waals surface area contributed by atoms with Crippen LogP contribution in [0.25, 0.3) is 0 Å².